The highest BCUT2D eigenvalue weighted by Gasteiger charge is 2.19. The molecule has 0 amide bonds. The summed E-state index contributed by atoms with van der Waals surface area (Å²) in [6.07, 6.45) is 1.75. The molecule has 0 saturated carbocycles. The molecule has 0 spiro atoms. The minimum absolute atomic E-state index is 0.0755. The minimum atomic E-state index is -1.52. The zero-order valence-electron chi connectivity index (χ0n) is 13.8. The standard InChI is InChI=1S/C18H10F3N5O/c1-26-14-4-8(2-3-9(14)7-22-26)17-24-18(27-25-17)13-5-10-12(23-13)6-11(19)16(21)15(10)20/h2-7,23H,1H3. The van der Waals surface area contributed by atoms with E-state index in [4.69, 9.17) is 4.52 Å². The first-order valence-electron chi connectivity index (χ1n) is 7.93. The predicted molar refractivity (Wildman–Crippen MR) is 91.2 cm³/mol. The molecule has 0 aliphatic rings. The normalized spacial score (nSPS) is 11.7. The van der Waals surface area contributed by atoms with Gasteiger partial charge in [0.05, 0.1) is 17.2 Å². The summed E-state index contributed by atoms with van der Waals surface area (Å²) in [7, 11) is 1.82. The molecule has 3 aromatic heterocycles. The second kappa shape index (κ2) is 5.44. The van der Waals surface area contributed by atoms with Crippen molar-refractivity contribution in [3.8, 4) is 23.0 Å². The van der Waals surface area contributed by atoms with Gasteiger partial charge in [0.2, 0.25) is 5.82 Å². The fourth-order valence-corrected chi connectivity index (χ4v) is 3.03. The second-order valence-corrected chi connectivity index (χ2v) is 6.10. The first kappa shape index (κ1) is 15.6. The van der Waals surface area contributed by atoms with Crippen molar-refractivity contribution in [1.29, 1.82) is 0 Å². The van der Waals surface area contributed by atoms with Crippen molar-refractivity contribution in [1.82, 2.24) is 24.9 Å². The van der Waals surface area contributed by atoms with Gasteiger partial charge in [-0.3, -0.25) is 4.68 Å². The molecule has 9 heteroatoms. The Hall–Kier alpha value is -3.62. The third-order valence-electron chi connectivity index (χ3n) is 4.42. The average Bonchev–Trinajstić information content (AvgIpc) is 3.38. The van der Waals surface area contributed by atoms with E-state index in [2.05, 4.69) is 20.2 Å². The molecule has 0 unspecified atom stereocenters. The first-order chi connectivity index (χ1) is 13.0. The molecule has 1 N–H and O–H groups in total. The zero-order chi connectivity index (χ0) is 18.7. The van der Waals surface area contributed by atoms with Gasteiger partial charge in [-0.15, -0.1) is 0 Å². The van der Waals surface area contributed by atoms with Gasteiger partial charge >= 0.3 is 0 Å². The summed E-state index contributed by atoms with van der Waals surface area (Å²) in [5, 5.41) is 8.99. The molecule has 0 aliphatic heterocycles. The monoisotopic (exact) mass is 369 g/mol. The second-order valence-electron chi connectivity index (χ2n) is 6.10. The van der Waals surface area contributed by atoms with Gasteiger partial charge in [-0.2, -0.15) is 10.1 Å². The van der Waals surface area contributed by atoms with Gasteiger partial charge in [0.15, 0.2) is 17.5 Å². The van der Waals surface area contributed by atoms with E-state index in [1.54, 1.807) is 10.9 Å². The van der Waals surface area contributed by atoms with Crippen LogP contribution in [0.4, 0.5) is 13.2 Å². The minimum Gasteiger partial charge on any atom is -0.350 e. The number of rotatable bonds is 2. The maximum absolute atomic E-state index is 13.9. The van der Waals surface area contributed by atoms with Crippen LogP contribution in [0.15, 0.2) is 41.1 Å². The lowest BCUT2D eigenvalue weighted by Crippen LogP contribution is -1.90. The maximum Gasteiger partial charge on any atom is 0.274 e. The number of H-pyrrole nitrogens is 1. The summed E-state index contributed by atoms with van der Waals surface area (Å²) in [6.45, 7) is 0. The molecule has 5 aromatic rings. The summed E-state index contributed by atoms with van der Waals surface area (Å²) in [6, 6.07) is 7.76. The van der Waals surface area contributed by atoms with E-state index in [0.717, 1.165) is 17.0 Å². The Morgan fingerprint density at radius 3 is 2.78 bits per heavy atom. The summed E-state index contributed by atoms with van der Waals surface area (Å²) in [5.74, 6) is -3.67. The molecule has 0 atom stereocenters. The number of nitrogens with one attached hydrogen (secondary N) is 1. The molecular formula is C18H10F3N5O. The molecule has 0 radical (unpaired) electrons. The lowest BCUT2D eigenvalue weighted by molar-refractivity contribution is 0.431. The van der Waals surface area contributed by atoms with Crippen LogP contribution in [0.25, 0.3) is 44.8 Å². The van der Waals surface area contributed by atoms with Crippen LogP contribution in [0.3, 0.4) is 0 Å². The Bertz CT molecular complexity index is 1330. The Morgan fingerprint density at radius 1 is 1.07 bits per heavy atom. The molecule has 5 rings (SSSR count). The third kappa shape index (κ3) is 2.31. The number of fused-ring (bicyclic) bond motifs is 2. The lowest BCUT2D eigenvalue weighted by atomic mass is 10.1. The van der Waals surface area contributed by atoms with E-state index in [9.17, 15) is 13.2 Å². The smallest absolute Gasteiger partial charge is 0.274 e. The number of aryl methyl sites for hydroxylation is 1. The Morgan fingerprint density at radius 2 is 1.93 bits per heavy atom. The Labute approximate surface area is 149 Å². The lowest BCUT2D eigenvalue weighted by Gasteiger charge is -1.97. The average molecular weight is 369 g/mol. The molecule has 27 heavy (non-hydrogen) atoms. The van der Waals surface area contributed by atoms with Gasteiger partial charge in [0.25, 0.3) is 5.89 Å². The van der Waals surface area contributed by atoms with Gasteiger partial charge in [-0.1, -0.05) is 17.3 Å². The van der Waals surface area contributed by atoms with Crippen molar-refractivity contribution in [2.45, 2.75) is 0 Å². The van der Waals surface area contributed by atoms with Gasteiger partial charge < -0.3 is 9.51 Å². The van der Waals surface area contributed by atoms with Crippen molar-refractivity contribution >= 4 is 21.8 Å². The zero-order valence-corrected chi connectivity index (χ0v) is 13.8. The van der Waals surface area contributed by atoms with E-state index in [1.165, 1.54) is 6.07 Å². The molecule has 0 fully saturated rings. The molecular weight excluding hydrogens is 359 g/mol. The van der Waals surface area contributed by atoms with E-state index in [1.807, 2.05) is 25.2 Å². The van der Waals surface area contributed by atoms with Gasteiger partial charge in [0, 0.05) is 29.4 Å². The van der Waals surface area contributed by atoms with Crippen LogP contribution >= 0.6 is 0 Å². The molecule has 6 nitrogen and oxygen atoms in total. The highest BCUT2D eigenvalue weighted by Crippen LogP contribution is 2.29. The highest BCUT2D eigenvalue weighted by molar-refractivity contribution is 5.86. The fraction of sp³-hybridized carbons (Fsp3) is 0.0556. The molecule has 2 aromatic carbocycles. The number of benzene rings is 2. The number of aromatic nitrogens is 5. The van der Waals surface area contributed by atoms with Gasteiger partial charge in [0.1, 0.15) is 5.69 Å². The fourth-order valence-electron chi connectivity index (χ4n) is 3.03. The Kier molecular flexibility index (Phi) is 3.15. The maximum atomic E-state index is 13.9. The molecule has 0 aliphatic carbocycles. The predicted octanol–water partition coefficient (Wildman–Crippen LogP) is 4.19. The summed E-state index contributed by atoms with van der Waals surface area (Å²) < 4.78 is 47.7. The number of aromatic amines is 1. The van der Waals surface area contributed by atoms with Gasteiger partial charge in [-0.05, 0) is 12.1 Å². The number of nitrogens with zero attached hydrogens (tertiary/aromatic N) is 4. The van der Waals surface area contributed by atoms with Crippen LogP contribution in [0, 0.1) is 17.5 Å². The molecule has 0 bridgehead atoms. The topological polar surface area (TPSA) is 72.5 Å². The van der Waals surface area contributed by atoms with Crippen molar-refractivity contribution < 1.29 is 17.7 Å². The van der Waals surface area contributed by atoms with Crippen LogP contribution in [0.2, 0.25) is 0 Å². The van der Waals surface area contributed by atoms with E-state index in [-0.39, 0.29) is 22.5 Å². The SMILES string of the molecule is Cn1ncc2ccc(-c3noc(-c4cc5c(F)c(F)c(F)cc5[nH]4)n3)cc21. The molecule has 134 valence electrons. The van der Waals surface area contributed by atoms with Crippen LogP contribution in [-0.2, 0) is 7.05 Å². The van der Waals surface area contributed by atoms with E-state index >= 15 is 0 Å². The number of halogens is 3. The quantitative estimate of drug-likeness (QED) is 0.474. The van der Waals surface area contributed by atoms with Crippen LogP contribution < -0.4 is 0 Å². The van der Waals surface area contributed by atoms with Crippen molar-refractivity contribution in [2.75, 3.05) is 0 Å². The van der Waals surface area contributed by atoms with Crippen LogP contribution in [0.1, 0.15) is 0 Å². The third-order valence-corrected chi connectivity index (χ3v) is 4.42. The molecule has 3 heterocycles. The van der Waals surface area contributed by atoms with E-state index < -0.39 is 17.5 Å². The summed E-state index contributed by atoms with van der Waals surface area (Å²) >= 11 is 0. The number of hydrogen-bond acceptors (Lipinski definition) is 4. The summed E-state index contributed by atoms with van der Waals surface area (Å²) in [5.41, 5.74) is 1.96. The highest BCUT2D eigenvalue weighted by atomic mass is 19.2. The largest absolute Gasteiger partial charge is 0.350 e. The van der Waals surface area contributed by atoms with Crippen LogP contribution in [0.5, 0.6) is 0 Å². The van der Waals surface area contributed by atoms with Crippen LogP contribution in [-0.4, -0.2) is 24.9 Å². The molecule has 0 saturated heterocycles. The Balaban J connectivity index is 1.59. The van der Waals surface area contributed by atoms with E-state index in [0.29, 0.717) is 11.4 Å². The first-order valence-corrected chi connectivity index (χ1v) is 7.93. The van der Waals surface area contributed by atoms with Gasteiger partial charge in [-0.25, -0.2) is 13.2 Å². The van der Waals surface area contributed by atoms with Crippen molar-refractivity contribution in [3.05, 3.63) is 54.0 Å². The number of hydrogen-bond donors (Lipinski definition) is 1. The van der Waals surface area contributed by atoms with Crippen molar-refractivity contribution in [3.63, 3.8) is 0 Å². The summed E-state index contributed by atoms with van der Waals surface area (Å²) in [4.78, 5) is 7.06. The van der Waals surface area contributed by atoms with Crippen molar-refractivity contribution in [2.24, 2.45) is 7.05 Å².